The van der Waals surface area contributed by atoms with Crippen molar-refractivity contribution in [2.45, 2.75) is 6.92 Å². The van der Waals surface area contributed by atoms with Gasteiger partial charge in [-0.05, 0) is 19.1 Å². The fraction of sp³-hybridized carbons (Fsp3) is 0.364. The van der Waals surface area contributed by atoms with Gasteiger partial charge in [-0.25, -0.2) is 13.5 Å². The van der Waals surface area contributed by atoms with Gasteiger partial charge in [0.25, 0.3) is 5.95 Å². The van der Waals surface area contributed by atoms with Gasteiger partial charge in [0.05, 0.1) is 11.9 Å². The summed E-state index contributed by atoms with van der Waals surface area (Å²) in [5.74, 6) is -0.137. The van der Waals surface area contributed by atoms with Gasteiger partial charge in [-0.2, -0.15) is 20.1 Å². The minimum absolute atomic E-state index is 0. The number of aromatic nitrogens is 5. The maximum atomic E-state index is 13.5. The minimum Gasteiger partial charge on any atom is -0.369 e. The Morgan fingerprint density at radius 3 is 2.35 bits per heavy atom. The summed E-state index contributed by atoms with van der Waals surface area (Å²) < 4.78 is 28.6. The average Bonchev–Trinajstić information content (AvgIpc) is 3.13. The molecule has 0 radical (unpaired) electrons. The van der Waals surface area contributed by atoms with Gasteiger partial charge in [0, 0.05) is 64.1 Å². The first-order chi connectivity index (χ1) is 15.8. The van der Waals surface area contributed by atoms with Crippen molar-refractivity contribution < 1.29 is 8.78 Å². The average molecular weight is 492 g/mol. The highest BCUT2D eigenvalue weighted by Gasteiger charge is 2.18. The third-order valence-corrected chi connectivity index (χ3v) is 5.51. The molecule has 0 saturated carbocycles. The highest BCUT2D eigenvalue weighted by molar-refractivity contribution is 5.85. The van der Waals surface area contributed by atoms with Crippen molar-refractivity contribution >= 4 is 36.1 Å². The molecule has 182 valence electrons. The number of rotatable bonds is 6. The van der Waals surface area contributed by atoms with E-state index in [9.17, 15) is 8.78 Å². The van der Waals surface area contributed by atoms with E-state index >= 15 is 0 Å². The zero-order chi connectivity index (χ0) is 23.5. The summed E-state index contributed by atoms with van der Waals surface area (Å²) >= 11 is 0. The van der Waals surface area contributed by atoms with Crippen molar-refractivity contribution in [3.63, 3.8) is 0 Å². The van der Waals surface area contributed by atoms with Crippen LogP contribution in [0.2, 0.25) is 0 Å². The molecule has 1 aliphatic rings. The van der Waals surface area contributed by atoms with Crippen LogP contribution in [0.5, 0.6) is 0 Å². The van der Waals surface area contributed by atoms with E-state index in [0.29, 0.717) is 30.7 Å². The van der Waals surface area contributed by atoms with E-state index in [1.54, 1.807) is 15.8 Å². The van der Waals surface area contributed by atoms with Crippen LogP contribution in [0, 0.1) is 18.6 Å². The Morgan fingerprint density at radius 1 is 1.03 bits per heavy atom. The normalized spacial score (nSPS) is 14.4. The van der Waals surface area contributed by atoms with Gasteiger partial charge < -0.3 is 15.5 Å². The molecule has 1 saturated heterocycles. The summed E-state index contributed by atoms with van der Waals surface area (Å²) in [4.78, 5) is 18.8. The molecule has 3 heterocycles. The standard InChI is InChI=1S/C22H27F2N9.ClH/c1-15-16(14-26-33(15)22-28-20(25)27-21(29-22)30(2)3)5-4-6-31-7-9-32(10-8-31)19-12-17(23)11-18(24)13-19;/h4-5,11-14H,6-10H2,1-3H3,(H2,25,27,28,29);1H. The minimum atomic E-state index is -0.552. The Balaban J connectivity index is 0.00000324. The molecule has 2 aromatic heterocycles. The van der Waals surface area contributed by atoms with Crippen LogP contribution in [0.3, 0.4) is 0 Å². The molecule has 0 amide bonds. The molecule has 0 atom stereocenters. The number of halogens is 3. The molecule has 1 aromatic carbocycles. The second kappa shape index (κ2) is 10.7. The lowest BCUT2D eigenvalue weighted by Gasteiger charge is -2.35. The zero-order valence-electron chi connectivity index (χ0n) is 19.3. The van der Waals surface area contributed by atoms with E-state index in [1.807, 2.05) is 32.0 Å². The molecule has 0 bridgehead atoms. The number of benzene rings is 1. The highest BCUT2D eigenvalue weighted by atomic mass is 35.5. The molecule has 2 N–H and O–H groups in total. The van der Waals surface area contributed by atoms with Crippen LogP contribution in [0.25, 0.3) is 12.0 Å². The highest BCUT2D eigenvalue weighted by Crippen LogP contribution is 2.20. The first-order valence-corrected chi connectivity index (χ1v) is 10.6. The van der Waals surface area contributed by atoms with Gasteiger partial charge in [-0.1, -0.05) is 12.2 Å². The van der Waals surface area contributed by atoms with E-state index in [4.69, 9.17) is 5.73 Å². The molecule has 1 fully saturated rings. The Labute approximate surface area is 203 Å². The molecule has 4 rings (SSSR count). The van der Waals surface area contributed by atoms with Crippen LogP contribution in [-0.2, 0) is 0 Å². The Bertz CT molecular complexity index is 1140. The SMILES string of the molecule is Cc1c(C=CCN2CCN(c3cc(F)cc(F)c3)CC2)cnn1-c1nc(N)nc(N(C)C)n1.Cl. The summed E-state index contributed by atoms with van der Waals surface area (Å²) in [6.07, 6.45) is 5.86. The predicted octanol–water partition coefficient (Wildman–Crippen LogP) is 2.55. The van der Waals surface area contributed by atoms with Gasteiger partial charge in [-0.3, -0.25) is 4.90 Å². The maximum absolute atomic E-state index is 13.5. The summed E-state index contributed by atoms with van der Waals surface area (Å²) in [7, 11) is 3.66. The van der Waals surface area contributed by atoms with Crippen LogP contribution in [0.1, 0.15) is 11.3 Å². The Hall–Kier alpha value is -3.31. The second-order valence-electron chi connectivity index (χ2n) is 8.10. The molecular weight excluding hydrogens is 464 g/mol. The van der Waals surface area contributed by atoms with E-state index in [-0.39, 0.29) is 18.4 Å². The Kier molecular flexibility index (Phi) is 8.00. The number of anilines is 3. The lowest BCUT2D eigenvalue weighted by atomic mass is 10.2. The van der Waals surface area contributed by atoms with Crippen molar-refractivity contribution in [3.8, 4) is 5.95 Å². The first kappa shape index (κ1) is 25.3. The predicted molar refractivity (Wildman–Crippen MR) is 132 cm³/mol. The van der Waals surface area contributed by atoms with Crippen molar-refractivity contribution in [3.05, 3.63) is 53.4 Å². The molecular formula is C22H28ClF2N9. The summed E-state index contributed by atoms with van der Waals surface area (Å²) in [6.45, 7) is 5.74. The smallest absolute Gasteiger partial charge is 0.257 e. The van der Waals surface area contributed by atoms with Crippen LogP contribution >= 0.6 is 12.4 Å². The number of nitrogens with zero attached hydrogens (tertiary/aromatic N) is 8. The van der Waals surface area contributed by atoms with Crippen molar-refractivity contribution in [2.75, 3.05) is 62.4 Å². The second-order valence-corrected chi connectivity index (χ2v) is 8.10. The van der Waals surface area contributed by atoms with Crippen molar-refractivity contribution in [1.29, 1.82) is 0 Å². The molecule has 0 aliphatic carbocycles. The van der Waals surface area contributed by atoms with E-state index in [0.717, 1.165) is 37.0 Å². The fourth-order valence-electron chi connectivity index (χ4n) is 3.69. The van der Waals surface area contributed by atoms with Crippen LogP contribution < -0.4 is 15.5 Å². The molecule has 34 heavy (non-hydrogen) atoms. The fourth-order valence-corrected chi connectivity index (χ4v) is 3.69. The van der Waals surface area contributed by atoms with Gasteiger partial charge in [0.1, 0.15) is 11.6 Å². The number of nitrogens with two attached hydrogens (primary N) is 1. The van der Waals surface area contributed by atoms with E-state index in [2.05, 4.69) is 31.0 Å². The molecule has 3 aromatic rings. The van der Waals surface area contributed by atoms with Gasteiger partial charge in [-0.15, -0.1) is 12.4 Å². The molecule has 12 heteroatoms. The first-order valence-electron chi connectivity index (χ1n) is 10.6. The molecule has 9 nitrogen and oxygen atoms in total. The Morgan fingerprint density at radius 2 is 1.71 bits per heavy atom. The third kappa shape index (κ3) is 5.78. The zero-order valence-corrected chi connectivity index (χ0v) is 20.1. The van der Waals surface area contributed by atoms with Crippen molar-refractivity contribution in [2.24, 2.45) is 0 Å². The largest absolute Gasteiger partial charge is 0.369 e. The van der Waals surface area contributed by atoms with Crippen LogP contribution in [-0.4, -0.2) is 76.5 Å². The summed E-state index contributed by atoms with van der Waals surface area (Å²) in [6, 6.07) is 3.65. The monoisotopic (exact) mass is 491 g/mol. The summed E-state index contributed by atoms with van der Waals surface area (Å²) in [5.41, 5.74) is 8.25. The number of piperazine rings is 1. The number of hydrogen-bond acceptors (Lipinski definition) is 8. The molecule has 0 spiro atoms. The number of hydrogen-bond donors (Lipinski definition) is 1. The lowest BCUT2D eigenvalue weighted by Crippen LogP contribution is -2.46. The van der Waals surface area contributed by atoms with Crippen molar-refractivity contribution in [1.82, 2.24) is 29.6 Å². The van der Waals surface area contributed by atoms with Gasteiger partial charge in [0.2, 0.25) is 11.9 Å². The van der Waals surface area contributed by atoms with Gasteiger partial charge >= 0.3 is 0 Å². The van der Waals surface area contributed by atoms with Crippen LogP contribution in [0.15, 0.2) is 30.5 Å². The maximum Gasteiger partial charge on any atom is 0.257 e. The molecule has 0 unspecified atom stereocenters. The van der Waals surface area contributed by atoms with E-state index in [1.165, 1.54) is 12.1 Å². The lowest BCUT2D eigenvalue weighted by molar-refractivity contribution is 0.284. The summed E-state index contributed by atoms with van der Waals surface area (Å²) in [5, 5.41) is 4.41. The number of nitrogen functional groups attached to an aromatic ring is 1. The topological polar surface area (TPSA) is 92.2 Å². The molecule has 1 aliphatic heterocycles. The third-order valence-electron chi connectivity index (χ3n) is 5.51. The van der Waals surface area contributed by atoms with Crippen LogP contribution in [0.4, 0.5) is 26.4 Å². The van der Waals surface area contributed by atoms with E-state index < -0.39 is 11.6 Å². The quantitative estimate of drug-likeness (QED) is 0.562. The van der Waals surface area contributed by atoms with Gasteiger partial charge in [0.15, 0.2) is 0 Å².